The number of hydrogen-bond donors (Lipinski definition) is 2. The van der Waals surface area contributed by atoms with Gasteiger partial charge in [0, 0.05) is 12.1 Å². The van der Waals surface area contributed by atoms with Crippen LogP contribution in [-0.2, 0) is 19.1 Å². The Morgan fingerprint density at radius 2 is 1.93 bits per heavy atom. The van der Waals surface area contributed by atoms with Gasteiger partial charge in [0.15, 0.2) is 0 Å². The molecule has 0 aromatic heterocycles. The maximum absolute atomic E-state index is 14.8. The van der Waals surface area contributed by atoms with E-state index in [1.807, 2.05) is 25.7 Å². The molecule has 3 rings (SSSR count). The van der Waals surface area contributed by atoms with Crippen LogP contribution in [0.25, 0.3) is 0 Å². The molecule has 2 amide bonds. The molecular formula is C22H30FN3O4. The number of piperidine rings is 2. The highest BCUT2D eigenvalue weighted by Gasteiger charge is 2.28. The summed E-state index contributed by atoms with van der Waals surface area (Å²) in [7, 11) is 0. The lowest BCUT2D eigenvalue weighted by Gasteiger charge is -2.32. The molecule has 0 spiro atoms. The Hall–Kier alpha value is -2.48. The minimum Gasteiger partial charge on any atom is -0.459 e. The topological polar surface area (TPSA) is 87.7 Å². The highest BCUT2D eigenvalue weighted by atomic mass is 19.1. The molecule has 8 heteroatoms. The number of ether oxygens (including phenoxy) is 1. The molecule has 2 saturated heterocycles. The average molecular weight is 419 g/mol. The summed E-state index contributed by atoms with van der Waals surface area (Å²) in [6.45, 7) is 7.20. The molecule has 1 aromatic rings. The molecule has 7 nitrogen and oxygen atoms in total. The molecular weight excluding hydrogens is 389 g/mol. The van der Waals surface area contributed by atoms with Crippen LogP contribution < -0.4 is 10.6 Å². The third-order valence-corrected chi connectivity index (χ3v) is 5.38. The van der Waals surface area contributed by atoms with Gasteiger partial charge in [-0.3, -0.25) is 24.6 Å². The fraction of sp³-hybridized carbons (Fsp3) is 0.591. The Labute approximate surface area is 176 Å². The molecule has 1 aromatic carbocycles. The summed E-state index contributed by atoms with van der Waals surface area (Å²) in [6.07, 6.45) is 2.19. The number of carbonyl (C=O) groups is 3. The lowest BCUT2D eigenvalue weighted by atomic mass is 9.89. The van der Waals surface area contributed by atoms with Crippen LogP contribution in [0.5, 0.6) is 0 Å². The summed E-state index contributed by atoms with van der Waals surface area (Å²) in [6, 6.07) is 4.41. The van der Waals surface area contributed by atoms with Crippen molar-refractivity contribution in [3.8, 4) is 0 Å². The molecule has 30 heavy (non-hydrogen) atoms. The Morgan fingerprint density at radius 1 is 1.23 bits per heavy atom. The number of benzene rings is 1. The molecule has 2 aliphatic heterocycles. The standard InChI is InChI=1S/C22H30FN3O4/c1-22(2,3)30-20(28)13-26-10-8-14(9-11-26)16-5-4-15(12-17(16)23)24-18-6-7-19(27)25-21(18)29/h4-5,12,14,18,24H,6-11,13H2,1-3H3,(H,25,27,29)/t18-/m0/s1. The molecule has 164 valence electrons. The van der Waals surface area contributed by atoms with Crippen molar-refractivity contribution in [3.63, 3.8) is 0 Å². The highest BCUT2D eigenvalue weighted by molar-refractivity contribution is 6.01. The van der Waals surface area contributed by atoms with Gasteiger partial charge in [-0.2, -0.15) is 0 Å². The van der Waals surface area contributed by atoms with Gasteiger partial charge < -0.3 is 10.1 Å². The van der Waals surface area contributed by atoms with E-state index in [1.165, 1.54) is 6.07 Å². The number of nitrogens with one attached hydrogen (secondary N) is 2. The number of rotatable bonds is 5. The second kappa shape index (κ2) is 9.12. The van der Waals surface area contributed by atoms with Crippen LogP contribution in [0, 0.1) is 5.82 Å². The maximum Gasteiger partial charge on any atom is 0.320 e. The van der Waals surface area contributed by atoms with E-state index in [0.717, 1.165) is 12.8 Å². The first-order valence-corrected chi connectivity index (χ1v) is 10.4. The Morgan fingerprint density at radius 3 is 2.53 bits per heavy atom. The third kappa shape index (κ3) is 6.01. The summed E-state index contributed by atoms with van der Waals surface area (Å²) >= 11 is 0. The van der Waals surface area contributed by atoms with Gasteiger partial charge in [0.05, 0.1) is 6.54 Å². The zero-order chi connectivity index (χ0) is 21.9. The molecule has 2 N–H and O–H groups in total. The summed E-state index contributed by atoms with van der Waals surface area (Å²) in [5.41, 5.74) is 0.677. The van der Waals surface area contributed by atoms with Crippen LogP contribution >= 0.6 is 0 Å². The minimum absolute atomic E-state index is 0.0875. The first kappa shape index (κ1) is 22.2. The van der Waals surface area contributed by atoms with Crippen molar-refractivity contribution in [1.82, 2.24) is 10.2 Å². The van der Waals surface area contributed by atoms with E-state index in [0.29, 0.717) is 30.8 Å². The fourth-order valence-corrected chi connectivity index (χ4v) is 3.94. The van der Waals surface area contributed by atoms with Crippen LogP contribution in [0.2, 0.25) is 0 Å². The molecule has 0 bridgehead atoms. The van der Waals surface area contributed by atoms with Gasteiger partial charge >= 0.3 is 5.97 Å². The number of halogens is 1. The van der Waals surface area contributed by atoms with Gasteiger partial charge in [-0.05, 0) is 76.7 Å². The van der Waals surface area contributed by atoms with E-state index < -0.39 is 11.6 Å². The lowest BCUT2D eigenvalue weighted by Crippen LogP contribution is -2.47. The van der Waals surface area contributed by atoms with Gasteiger partial charge in [0.2, 0.25) is 11.8 Å². The minimum atomic E-state index is -0.538. The first-order chi connectivity index (χ1) is 14.1. The molecule has 2 aliphatic rings. The number of imide groups is 1. The van der Waals surface area contributed by atoms with Gasteiger partial charge in [-0.15, -0.1) is 0 Å². The molecule has 0 saturated carbocycles. The predicted octanol–water partition coefficient (Wildman–Crippen LogP) is 2.56. The first-order valence-electron chi connectivity index (χ1n) is 10.4. The van der Waals surface area contributed by atoms with Crippen LogP contribution in [0.15, 0.2) is 18.2 Å². The molecule has 0 unspecified atom stereocenters. The van der Waals surface area contributed by atoms with E-state index in [4.69, 9.17) is 4.74 Å². The van der Waals surface area contributed by atoms with Crippen LogP contribution in [0.1, 0.15) is 57.9 Å². The summed E-state index contributed by atoms with van der Waals surface area (Å²) < 4.78 is 20.1. The van der Waals surface area contributed by atoms with Gasteiger partial charge in [0.25, 0.3) is 0 Å². The van der Waals surface area contributed by atoms with Crippen molar-refractivity contribution in [2.24, 2.45) is 0 Å². The quantitative estimate of drug-likeness (QED) is 0.563. The second-order valence-electron chi connectivity index (χ2n) is 9.02. The van der Waals surface area contributed by atoms with Crippen molar-refractivity contribution < 1.29 is 23.5 Å². The van der Waals surface area contributed by atoms with Crippen molar-refractivity contribution in [3.05, 3.63) is 29.6 Å². The van der Waals surface area contributed by atoms with Crippen molar-refractivity contribution >= 4 is 23.5 Å². The highest BCUT2D eigenvalue weighted by Crippen LogP contribution is 2.31. The van der Waals surface area contributed by atoms with E-state index in [1.54, 1.807) is 12.1 Å². The number of carbonyl (C=O) groups excluding carboxylic acids is 3. The Kier molecular flexibility index (Phi) is 6.75. The van der Waals surface area contributed by atoms with Crippen molar-refractivity contribution in [2.45, 2.75) is 64.0 Å². The van der Waals surface area contributed by atoms with Crippen molar-refractivity contribution in [1.29, 1.82) is 0 Å². The normalized spacial score (nSPS) is 21.3. The van der Waals surface area contributed by atoms with Gasteiger partial charge in [0.1, 0.15) is 17.5 Å². The second-order valence-corrected chi connectivity index (χ2v) is 9.02. The van der Waals surface area contributed by atoms with Crippen LogP contribution in [-0.4, -0.2) is 54.0 Å². The van der Waals surface area contributed by atoms with Gasteiger partial charge in [-0.25, -0.2) is 4.39 Å². The summed E-state index contributed by atoms with van der Waals surface area (Å²) in [5.74, 6) is -1.12. The van der Waals surface area contributed by atoms with E-state index >= 15 is 0 Å². The van der Waals surface area contributed by atoms with E-state index in [2.05, 4.69) is 10.6 Å². The van der Waals surface area contributed by atoms with E-state index in [9.17, 15) is 18.8 Å². The monoisotopic (exact) mass is 419 g/mol. The number of amides is 2. The number of anilines is 1. The van der Waals surface area contributed by atoms with E-state index in [-0.39, 0.29) is 42.5 Å². The fourth-order valence-electron chi connectivity index (χ4n) is 3.94. The summed E-state index contributed by atoms with van der Waals surface area (Å²) in [4.78, 5) is 37.1. The lowest BCUT2D eigenvalue weighted by molar-refractivity contribution is -0.156. The average Bonchev–Trinajstić information content (AvgIpc) is 2.63. The molecule has 0 radical (unpaired) electrons. The number of likely N-dealkylation sites (tertiary alicyclic amines) is 1. The molecule has 0 aliphatic carbocycles. The number of hydrogen-bond acceptors (Lipinski definition) is 6. The summed E-state index contributed by atoms with van der Waals surface area (Å²) in [5, 5.41) is 5.29. The smallest absolute Gasteiger partial charge is 0.320 e. The third-order valence-electron chi connectivity index (χ3n) is 5.38. The van der Waals surface area contributed by atoms with Crippen LogP contribution in [0.4, 0.5) is 10.1 Å². The van der Waals surface area contributed by atoms with Crippen molar-refractivity contribution in [2.75, 3.05) is 25.0 Å². The zero-order valence-corrected chi connectivity index (χ0v) is 17.8. The molecule has 2 heterocycles. The zero-order valence-electron chi connectivity index (χ0n) is 17.8. The van der Waals surface area contributed by atoms with Crippen LogP contribution in [0.3, 0.4) is 0 Å². The number of esters is 1. The Balaban J connectivity index is 1.53. The molecule has 2 fully saturated rings. The predicted molar refractivity (Wildman–Crippen MR) is 110 cm³/mol. The molecule has 1 atom stereocenters. The largest absolute Gasteiger partial charge is 0.459 e. The maximum atomic E-state index is 14.8. The number of nitrogens with zero attached hydrogens (tertiary/aromatic N) is 1. The SMILES string of the molecule is CC(C)(C)OC(=O)CN1CCC(c2ccc(N[C@H]3CCC(=O)NC3=O)cc2F)CC1. The van der Waals surface area contributed by atoms with Gasteiger partial charge in [-0.1, -0.05) is 6.07 Å². The Bertz CT molecular complexity index is 813.